The van der Waals surface area contributed by atoms with Gasteiger partial charge in [0, 0.05) is 13.1 Å². The summed E-state index contributed by atoms with van der Waals surface area (Å²) >= 11 is 5.65. The first-order valence-electron chi connectivity index (χ1n) is 4.29. The molecule has 13 heavy (non-hydrogen) atoms. The summed E-state index contributed by atoms with van der Waals surface area (Å²) in [5.74, 6) is 0.906. The Morgan fingerprint density at radius 1 is 1.54 bits per heavy atom. The van der Waals surface area contributed by atoms with Crippen LogP contribution in [0.15, 0.2) is 16.5 Å². The van der Waals surface area contributed by atoms with Crippen molar-refractivity contribution in [3.8, 4) is 0 Å². The van der Waals surface area contributed by atoms with Crippen LogP contribution < -0.4 is 5.32 Å². The van der Waals surface area contributed by atoms with Crippen LogP contribution in [0, 0.1) is 0 Å². The number of furan rings is 1. The molecule has 0 spiro atoms. The summed E-state index contributed by atoms with van der Waals surface area (Å²) in [6, 6.07) is 3.67. The molecule has 1 rings (SSSR count). The van der Waals surface area contributed by atoms with E-state index < -0.39 is 0 Å². The number of likely N-dealkylation sites (N-methyl/N-ethyl adjacent to an activating group) is 2. The Kier molecular flexibility index (Phi) is 4.28. The second kappa shape index (κ2) is 5.27. The van der Waals surface area contributed by atoms with Gasteiger partial charge in [-0.3, -0.25) is 4.90 Å². The van der Waals surface area contributed by atoms with Gasteiger partial charge in [0.1, 0.15) is 5.76 Å². The van der Waals surface area contributed by atoms with E-state index in [1.807, 2.05) is 20.2 Å². The molecule has 0 aliphatic carbocycles. The Hall–Kier alpha value is -0.510. The highest BCUT2D eigenvalue weighted by molar-refractivity contribution is 6.28. The average molecular weight is 203 g/mol. The van der Waals surface area contributed by atoms with E-state index in [1.165, 1.54) is 0 Å². The minimum absolute atomic E-state index is 0.456. The highest BCUT2D eigenvalue weighted by Crippen LogP contribution is 2.13. The molecule has 0 atom stereocenters. The van der Waals surface area contributed by atoms with E-state index in [0.717, 1.165) is 25.4 Å². The Morgan fingerprint density at radius 3 is 2.85 bits per heavy atom. The number of hydrogen-bond donors (Lipinski definition) is 1. The molecule has 0 unspecified atom stereocenters. The lowest BCUT2D eigenvalue weighted by atomic mass is 10.4. The monoisotopic (exact) mass is 202 g/mol. The van der Waals surface area contributed by atoms with Crippen molar-refractivity contribution >= 4 is 11.6 Å². The first kappa shape index (κ1) is 10.6. The SMILES string of the molecule is CNCCN(C)Cc1ccc(Cl)o1. The maximum Gasteiger partial charge on any atom is 0.193 e. The van der Waals surface area contributed by atoms with E-state index in [2.05, 4.69) is 10.2 Å². The van der Waals surface area contributed by atoms with Gasteiger partial charge in [0.05, 0.1) is 6.54 Å². The molecule has 4 heteroatoms. The summed E-state index contributed by atoms with van der Waals surface area (Å²) in [4.78, 5) is 2.17. The number of nitrogens with one attached hydrogen (secondary N) is 1. The molecule has 74 valence electrons. The Bertz CT molecular complexity index is 250. The molecule has 1 aromatic rings. The van der Waals surface area contributed by atoms with Crippen LogP contribution in [-0.2, 0) is 6.54 Å². The summed E-state index contributed by atoms with van der Waals surface area (Å²) < 4.78 is 5.24. The van der Waals surface area contributed by atoms with Crippen LogP contribution in [0.1, 0.15) is 5.76 Å². The third-order valence-electron chi connectivity index (χ3n) is 1.80. The van der Waals surface area contributed by atoms with Crippen molar-refractivity contribution in [3.63, 3.8) is 0 Å². The maximum absolute atomic E-state index is 5.65. The van der Waals surface area contributed by atoms with Gasteiger partial charge in [-0.2, -0.15) is 0 Å². The van der Waals surface area contributed by atoms with Crippen LogP contribution in [0.25, 0.3) is 0 Å². The van der Waals surface area contributed by atoms with Crippen molar-refractivity contribution in [2.75, 3.05) is 27.2 Å². The molecule has 0 aliphatic rings. The standard InChI is InChI=1S/C9H15ClN2O/c1-11-5-6-12(2)7-8-3-4-9(10)13-8/h3-4,11H,5-7H2,1-2H3. The summed E-state index contributed by atoms with van der Waals surface area (Å²) in [6.07, 6.45) is 0. The smallest absolute Gasteiger partial charge is 0.193 e. The van der Waals surface area contributed by atoms with Crippen LogP contribution in [0.2, 0.25) is 5.22 Å². The fourth-order valence-electron chi connectivity index (χ4n) is 1.08. The zero-order chi connectivity index (χ0) is 9.68. The molecular weight excluding hydrogens is 188 g/mol. The number of rotatable bonds is 5. The van der Waals surface area contributed by atoms with Gasteiger partial charge in [0.2, 0.25) is 0 Å². The predicted octanol–water partition coefficient (Wildman–Crippen LogP) is 1.58. The molecule has 1 aromatic heterocycles. The molecule has 0 fully saturated rings. The highest BCUT2D eigenvalue weighted by Gasteiger charge is 2.03. The first-order valence-corrected chi connectivity index (χ1v) is 4.67. The van der Waals surface area contributed by atoms with Crippen LogP contribution in [0.4, 0.5) is 0 Å². The van der Waals surface area contributed by atoms with Gasteiger partial charge >= 0.3 is 0 Å². The molecule has 3 nitrogen and oxygen atoms in total. The normalized spacial score (nSPS) is 11.1. The van der Waals surface area contributed by atoms with Crippen molar-refractivity contribution in [3.05, 3.63) is 23.1 Å². The fourth-order valence-corrected chi connectivity index (χ4v) is 1.25. The van der Waals surface area contributed by atoms with Crippen molar-refractivity contribution < 1.29 is 4.42 Å². The zero-order valence-corrected chi connectivity index (χ0v) is 8.77. The highest BCUT2D eigenvalue weighted by atomic mass is 35.5. The topological polar surface area (TPSA) is 28.4 Å². The van der Waals surface area contributed by atoms with E-state index in [1.54, 1.807) is 6.07 Å². The Labute approximate surface area is 83.7 Å². The van der Waals surface area contributed by atoms with Crippen molar-refractivity contribution in [2.24, 2.45) is 0 Å². The van der Waals surface area contributed by atoms with Crippen LogP contribution >= 0.6 is 11.6 Å². The van der Waals surface area contributed by atoms with E-state index in [-0.39, 0.29) is 0 Å². The third kappa shape index (κ3) is 3.81. The Morgan fingerprint density at radius 2 is 2.31 bits per heavy atom. The predicted molar refractivity (Wildman–Crippen MR) is 54.0 cm³/mol. The largest absolute Gasteiger partial charge is 0.448 e. The molecule has 0 amide bonds. The quantitative estimate of drug-likeness (QED) is 0.786. The van der Waals surface area contributed by atoms with Gasteiger partial charge in [0.15, 0.2) is 5.22 Å². The molecule has 0 radical (unpaired) electrons. The maximum atomic E-state index is 5.65. The van der Waals surface area contributed by atoms with Crippen molar-refractivity contribution in [1.29, 1.82) is 0 Å². The molecule has 0 saturated carbocycles. The summed E-state index contributed by atoms with van der Waals surface area (Å²) in [7, 11) is 3.99. The van der Waals surface area contributed by atoms with Crippen LogP contribution in [0.5, 0.6) is 0 Å². The summed E-state index contributed by atoms with van der Waals surface area (Å²) in [5, 5.41) is 3.55. The lowest BCUT2D eigenvalue weighted by Gasteiger charge is -2.13. The van der Waals surface area contributed by atoms with Gasteiger partial charge in [-0.05, 0) is 37.8 Å². The van der Waals surface area contributed by atoms with Gasteiger partial charge < -0.3 is 9.73 Å². The van der Waals surface area contributed by atoms with Crippen LogP contribution in [0.3, 0.4) is 0 Å². The average Bonchev–Trinajstić information content (AvgIpc) is 2.48. The molecule has 0 aromatic carbocycles. The first-order chi connectivity index (χ1) is 6.22. The van der Waals surface area contributed by atoms with E-state index >= 15 is 0 Å². The number of nitrogens with zero attached hydrogens (tertiary/aromatic N) is 1. The number of halogens is 1. The van der Waals surface area contributed by atoms with Gasteiger partial charge in [-0.1, -0.05) is 0 Å². The van der Waals surface area contributed by atoms with Gasteiger partial charge in [-0.25, -0.2) is 0 Å². The molecule has 1 heterocycles. The summed E-state index contributed by atoms with van der Waals surface area (Å²) in [6.45, 7) is 2.77. The van der Waals surface area contributed by atoms with Crippen molar-refractivity contribution in [2.45, 2.75) is 6.54 Å². The number of hydrogen-bond acceptors (Lipinski definition) is 3. The molecule has 1 N–H and O–H groups in total. The van der Waals surface area contributed by atoms with E-state index in [9.17, 15) is 0 Å². The Balaban J connectivity index is 2.31. The van der Waals surface area contributed by atoms with E-state index in [4.69, 9.17) is 16.0 Å². The minimum Gasteiger partial charge on any atom is -0.448 e. The molecule has 0 aliphatic heterocycles. The fraction of sp³-hybridized carbons (Fsp3) is 0.556. The lowest BCUT2D eigenvalue weighted by molar-refractivity contribution is 0.297. The molecule has 0 saturated heterocycles. The minimum atomic E-state index is 0.456. The summed E-state index contributed by atoms with van der Waals surface area (Å²) in [5.41, 5.74) is 0. The second-order valence-electron chi connectivity index (χ2n) is 3.05. The second-order valence-corrected chi connectivity index (χ2v) is 3.42. The van der Waals surface area contributed by atoms with Crippen LogP contribution in [-0.4, -0.2) is 32.1 Å². The zero-order valence-electron chi connectivity index (χ0n) is 8.01. The molecule has 0 bridgehead atoms. The molecular formula is C9H15ClN2O. The van der Waals surface area contributed by atoms with Crippen molar-refractivity contribution in [1.82, 2.24) is 10.2 Å². The lowest BCUT2D eigenvalue weighted by Crippen LogP contribution is -2.26. The third-order valence-corrected chi connectivity index (χ3v) is 2.00. The van der Waals surface area contributed by atoms with E-state index in [0.29, 0.717) is 5.22 Å². The van der Waals surface area contributed by atoms with Gasteiger partial charge in [-0.15, -0.1) is 0 Å². The van der Waals surface area contributed by atoms with Gasteiger partial charge in [0.25, 0.3) is 0 Å².